The number of halogens is 3. The van der Waals surface area contributed by atoms with Crippen LogP contribution in [0.15, 0.2) is 18.2 Å². The van der Waals surface area contributed by atoms with Crippen molar-refractivity contribution in [1.82, 2.24) is 4.98 Å². The lowest BCUT2D eigenvalue weighted by atomic mass is 9.39. The van der Waals surface area contributed by atoms with Gasteiger partial charge in [0.1, 0.15) is 5.69 Å². The molecule has 0 saturated heterocycles. The van der Waals surface area contributed by atoms with E-state index in [9.17, 15) is 13.2 Å². The molecule has 2 nitrogen and oxygen atoms in total. The normalized spacial score (nSPS) is 36.5. The number of hydrogen-bond acceptors (Lipinski definition) is 2. The van der Waals surface area contributed by atoms with Gasteiger partial charge >= 0.3 is 6.18 Å². The molecule has 3 aliphatic rings. The van der Waals surface area contributed by atoms with Crippen molar-refractivity contribution in [2.24, 2.45) is 5.73 Å². The molecule has 3 aliphatic carbocycles. The third-order valence-electron chi connectivity index (χ3n) is 3.65. The molecule has 86 valence electrons. The van der Waals surface area contributed by atoms with Crippen LogP contribution in [0.4, 0.5) is 13.2 Å². The Hall–Kier alpha value is -1.10. The van der Waals surface area contributed by atoms with Gasteiger partial charge in [0.15, 0.2) is 0 Å². The Labute approximate surface area is 90.7 Å². The second-order valence-electron chi connectivity index (χ2n) is 5.08. The molecule has 3 fully saturated rings. The van der Waals surface area contributed by atoms with Gasteiger partial charge in [0.2, 0.25) is 0 Å². The molecule has 0 unspecified atom stereocenters. The highest BCUT2D eigenvalue weighted by Gasteiger charge is 2.67. The summed E-state index contributed by atoms with van der Waals surface area (Å²) in [5.41, 5.74) is 5.36. The van der Waals surface area contributed by atoms with Crippen LogP contribution in [0.2, 0.25) is 0 Å². The fourth-order valence-corrected chi connectivity index (χ4v) is 3.03. The van der Waals surface area contributed by atoms with Gasteiger partial charge in [-0.05, 0) is 31.4 Å². The molecule has 0 amide bonds. The van der Waals surface area contributed by atoms with Gasteiger partial charge in [-0.25, -0.2) is 4.98 Å². The van der Waals surface area contributed by atoms with Crippen LogP contribution in [0.1, 0.15) is 30.7 Å². The van der Waals surface area contributed by atoms with E-state index in [1.54, 1.807) is 6.07 Å². The van der Waals surface area contributed by atoms with Gasteiger partial charge in [0.05, 0.1) is 0 Å². The molecule has 5 heteroatoms. The Morgan fingerprint density at radius 1 is 1.19 bits per heavy atom. The number of pyridine rings is 1. The number of nitrogens with two attached hydrogens (primary N) is 1. The molecular weight excluding hydrogens is 217 g/mol. The summed E-state index contributed by atoms with van der Waals surface area (Å²) >= 11 is 0. The summed E-state index contributed by atoms with van der Waals surface area (Å²) in [5.74, 6) is 0. The molecule has 1 heterocycles. The maximum absolute atomic E-state index is 12.5. The molecule has 1 aromatic rings. The topological polar surface area (TPSA) is 38.9 Å². The summed E-state index contributed by atoms with van der Waals surface area (Å²) in [7, 11) is 0. The third kappa shape index (κ3) is 1.21. The average Bonchev–Trinajstić information content (AvgIpc) is 2.10. The zero-order valence-electron chi connectivity index (χ0n) is 8.51. The van der Waals surface area contributed by atoms with E-state index in [1.165, 1.54) is 6.07 Å². The Kier molecular flexibility index (Phi) is 1.63. The summed E-state index contributed by atoms with van der Waals surface area (Å²) in [6.07, 6.45) is -2.04. The second kappa shape index (κ2) is 2.59. The van der Waals surface area contributed by atoms with Crippen LogP contribution in [0.25, 0.3) is 0 Å². The molecule has 0 aromatic carbocycles. The summed E-state index contributed by atoms with van der Waals surface area (Å²) in [6, 6.07) is 4.11. The summed E-state index contributed by atoms with van der Waals surface area (Å²) < 4.78 is 37.4. The van der Waals surface area contributed by atoms with Gasteiger partial charge in [-0.3, -0.25) is 0 Å². The highest BCUT2D eigenvalue weighted by molar-refractivity contribution is 5.38. The fourth-order valence-electron chi connectivity index (χ4n) is 3.03. The van der Waals surface area contributed by atoms with E-state index in [4.69, 9.17) is 5.73 Å². The number of rotatable bonds is 1. The molecule has 0 radical (unpaired) electrons. The monoisotopic (exact) mass is 228 g/mol. The molecular formula is C11H11F3N2. The van der Waals surface area contributed by atoms with Crippen molar-refractivity contribution in [2.75, 3.05) is 0 Å². The van der Waals surface area contributed by atoms with Gasteiger partial charge in [0, 0.05) is 16.6 Å². The van der Waals surface area contributed by atoms with Gasteiger partial charge in [-0.15, -0.1) is 0 Å². The molecule has 2 bridgehead atoms. The Bertz CT molecular complexity index is 433. The molecule has 2 N–H and O–H groups in total. The van der Waals surface area contributed by atoms with E-state index in [-0.39, 0.29) is 11.0 Å². The minimum absolute atomic E-state index is 0.115. The van der Waals surface area contributed by atoms with E-state index in [0.717, 1.165) is 25.3 Å². The van der Waals surface area contributed by atoms with E-state index >= 15 is 0 Å². The Balaban J connectivity index is 1.93. The molecule has 1 aromatic heterocycles. The first-order valence-electron chi connectivity index (χ1n) is 5.17. The standard InChI is InChI=1S/C11H11F3N2/c12-11(13,14)8-3-1-2-7(16-8)9-4-10(15,5-9)6-9/h1-3H,4-6,15H2. The minimum Gasteiger partial charge on any atom is -0.325 e. The summed E-state index contributed by atoms with van der Waals surface area (Å²) in [4.78, 5) is 3.73. The first-order valence-corrected chi connectivity index (χ1v) is 5.17. The van der Waals surface area contributed by atoms with Crippen LogP contribution in [-0.4, -0.2) is 10.5 Å². The number of aromatic nitrogens is 1. The average molecular weight is 228 g/mol. The Morgan fingerprint density at radius 3 is 2.31 bits per heavy atom. The van der Waals surface area contributed by atoms with E-state index < -0.39 is 11.9 Å². The maximum Gasteiger partial charge on any atom is 0.433 e. The predicted molar refractivity (Wildman–Crippen MR) is 51.7 cm³/mol. The first kappa shape index (κ1) is 10.1. The van der Waals surface area contributed by atoms with Crippen molar-refractivity contribution in [3.63, 3.8) is 0 Å². The zero-order chi connectivity index (χ0) is 11.6. The molecule has 0 atom stereocenters. The molecule has 0 spiro atoms. The van der Waals surface area contributed by atoms with Crippen LogP contribution in [0.3, 0.4) is 0 Å². The highest BCUT2D eigenvalue weighted by Crippen LogP contribution is 2.66. The quantitative estimate of drug-likeness (QED) is 0.800. The SMILES string of the molecule is NC12CC(c3cccc(C(F)(F)F)n3)(C1)C2. The van der Waals surface area contributed by atoms with Crippen LogP contribution in [0.5, 0.6) is 0 Å². The van der Waals surface area contributed by atoms with E-state index in [0.29, 0.717) is 5.69 Å². The van der Waals surface area contributed by atoms with Crippen molar-refractivity contribution in [1.29, 1.82) is 0 Å². The lowest BCUT2D eigenvalue weighted by Gasteiger charge is -2.68. The van der Waals surface area contributed by atoms with E-state index in [2.05, 4.69) is 4.98 Å². The largest absolute Gasteiger partial charge is 0.433 e. The smallest absolute Gasteiger partial charge is 0.325 e. The summed E-state index contributed by atoms with van der Waals surface area (Å²) in [5, 5.41) is 0. The van der Waals surface area contributed by atoms with Gasteiger partial charge in [-0.1, -0.05) is 6.07 Å². The van der Waals surface area contributed by atoms with Gasteiger partial charge in [-0.2, -0.15) is 13.2 Å². The first-order chi connectivity index (χ1) is 7.33. The molecule has 3 saturated carbocycles. The van der Waals surface area contributed by atoms with Crippen molar-refractivity contribution >= 4 is 0 Å². The predicted octanol–water partition coefficient (Wildman–Crippen LogP) is 2.23. The van der Waals surface area contributed by atoms with Crippen molar-refractivity contribution < 1.29 is 13.2 Å². The number of alkyl halides is 3. The lowest BCUT2D eigenvalue weighted by molar-refractivity contribution is -0.142. The van der Waals surface area contributed by atoms with Gasteiger partial charge in [0.25, 0.3) is 0 Å². The number of nitrogens with zero attached hydrogens (tertiary/aromatic N) is 1. The third-order valence-corrected chi connectivity index (χ3v) is 3.65. The van der Waals surface area contributed by atoms with Crippen molar-refractivity contribution in [2.45, 2.75) is 36.4 Å². The number of hydrogen-bond donors (Lipinski definition) is 1. The van der Waals surface area contributed by atoms with E-state index in [1.807, 2.05) is 0 Å². The minimum atomic E-state index is -4.36. The van der Waals surface area contributed by atoms with Crippen LogP contribution in [0, 0.1) is 0 Å². The van der Waals surface area contributed by atoms with Gasteiger partial charge < -0.3 is 5.73 Å². The van der Waals surface area contributed by atoms with Crippen molar-refractivity contribution in [3.05, 3.63) is 29.6 Å². The van der Waals surface area contributed by atoms with Crippen molar-refractivity contribution in [3.8, 4) is 0 Å². The van der Waals surface area contributed by atoms with Crippen LogP contribution >= 0.6 is 0 Å². The molecule has 16 heavy (non-hydrogen) atoms. The molecule has 4 rings (SSSR count). The van der Waals surface area contributed by atoms with Crippen LogP contribution in [-0.2, 0) is 11.6 Å². The lowest BCUT2D eigenvalue weighted by Crippen LogP contribution is -2.74. The van der Waals surface area contributed by atoms with Crippen LogP contribution < -0.4 is 5.73 Å². The second-order valence-corrected chi connectivity index (χ2v) is 5.08. The fraction of sp³-hybridized carbons (Fsp3) is 0.545. The molecule has 0 aliphatic heterocycles. The maximum atomic E-state index is 12.5. The zero-order valence-corrected chi connectivity index (χ0v) is 8.51. The Morgan fingerprint density at radius 2 is 1.81 bits per heavy atom. The highest BCUT2D eigenvalue weighted by atomic mass is 19.4. The summed E-state index contributed by atoms with van der Waals surface area (Å²) in [6.45, 7) is 0.